The van der Waals surface area contributed by atoms with Crippen LogP contribution in [0.4, 0.5) is 10.1 Å². The van der Waals surface area contributed by atoms with E-state index in [1.807, 2.05) is 0 Å². The van der Waals surface area contributed by atoms with Gasteiger partial charge < -0.3 is 15.0 Å². The summed E-state index contributed by atoms with van der Waals surface area (Å²) >= 11 is 0. The molecule has 0 heterocycles. The molecule has 1 unspecified atom stereocenters. The molecule has 0 saturated heterocycles. The largest absolute Gasteiger partial charge is 0.497 e. The molecule has 1 atom stereocenters. The van der Waals surface area contributed by atoms with Crippen molar-refractivity contribution in [2.45, 2.75) is 26.4 Å². The standard InChI is InChI=1S/C22H28FN3O5S/c1-5-24-22(28)16(2)25(14-17-9-6-7-12-20(17)23)21(27)15-26(32(4,29)30)18-10-8-11-19(13-18)31-3/h6-13,16H,5,14-15H2,1-4H3,(H,24,28). The fraction of sp³-hybridized carbons (Fsp3) is 0.364. The van der Waals surface area contributed by atoms with Gasteiger partial charge in [-0.3, -0.25) is 13.9 Å². The number of hydrogen-bond acceptors (Lipinski definition) is 5. The van der Waals surface area contributed by atoms with Crippen LogP contribution in [0.15, 0.2) is 48.5 Å². The number of halogens is 1. The Bertz CT molecular complexity index is 1060. The Morgan fingerprint density at radius 2 is 1.84 bits per heavy atom. The summed E-state index contributed by atoms with van der Waals surface area (Å²) in [6, 6.07) is 11.2. The molecule has 0 saturated carbocycles. The number of ether oxygens (including phenoxy) is 1. The van der Waals surface area contributed by atoms with E-state index in [0.717, 1.165) is 10.6 Å². The van der Waals surface area contributed by atoms with Gasteiger partial charge in [0.2, 0.25) is 21.8 Å². The van der Waals surface area contributed by atoms with Crippen LogP contribution in [0.3, 0.4) is 0 Å². The van der Waals surface area contributed by atoms with Gasteiger partial charge in [-0.25, -0.2) is 12.8 Å². The van der Waals surface area contributed by atoms with Crippen molar-refractivity contribution in [3.05, 3.63) is 59.9 Å². The number of nitrogens with zero attached hydrogens (tertiary/aromatic N) is 2. The molecule has 2 amide bonds. The maximum Gasteiger partial charge on any atom is 0.244 e. The van der Waals surface area contributed by atoms with E-state index in [4.69, 9.17) is 4.74 Å². The van der Waals surface area contributed by atoms with Crippen LogP contribution in [0.5, 0.6) is 5.75 Å². The maximum atomic E-state index is 14.3. The van der Waals surface area contributed by atoms with Gasteiger partial charge in [-0.2, -0.15) is 0 Å². The number of anilines is 1. The highest BCUT2D eigenvalue weighted by Crippen LogP contribution is 2.24. The van der Waals surface area contributed by atoms with Crippen LogP contribution in [0.1, 0.15) is 19.4 Å². The molecule has 8 nitrogen and oxygen atoms in total. The lowest BCUT2D eigenvalue weighted by Crippen LogP contribution is -2.51. The lowest BCUT2D eigenvalue weighted by Gasteiger charge is -2.31. The first-order valence-electron chi connectivity index (χ1n) is 10.0. The molecule has 2 rings (SSSR count). The number of nitrogens with one attached hydrogen (secondary N) is 1. The van der Waals surface area contributed by atoms with Crippen molar-refractivity contribution in [1.82, 2.24) is 10.2 Å². The van der Waals surface area contributed by atoms with E-state index in [2.05, 4.69) is 5.32 Å². The number of carbonyl (C=O) groups excluding carboxylic acids is 2. The zero-order chi connectivity index (χ0) is 23.9. The molecule has 0 fully saturated rings. The van der Waals surface area contributed by atoms with E-state index >= 15 is 0 Å². The van der Waals surface area contributed by atoms with Gasteiger partial charge in [-0.05, 0) is 32.0 Å². The molecule has 10 heteroatoms. The SMILES string of the molecule is CCNC(=O)C(C)N(Cc1ccccc1F)C(=O)CN(c1cccc(OC)c1)S(C)(=O)=O. The van der Waals surface area contributed by atoms with Crippen molar-refractivity contribution < 1.29 is 27.1 Å². The van der Waals surface area contributed by atoms with Crippen LogP contribution < -0.4 is 14.4 Å². The minimum atomic E-state index is -3.85. The molecule has 0 aliphatic heterocycles. The van der Waals surface area contributed by atoms with E-state index in [1.54, 1.807) is 25.1 Å². The van der Waals surface area contributed by atoms with Crippen LogP contribution in [-0.2, 0) is 26.2 Å². The van der Waals surface area contributed by atoms with Crippen molar-refractivity contribution >= 4 is 27.5 Å². The summed E-state index contributed by atoms with van der Waals surface area (Å²) in [6.07, 6.45) is 0.980. The molecule has 2 aromatic rings. The summed E-state index contributed by atoms with van der Waals surface area (Å²) in [5, 5.41) is 2.64. The number of hydrogen-bond donors (Lipinski definition) is 1. The third-order valence-electron chi connectivity index (χ3n) is 4.84. The topological polar surface area (TPSA) is 96.0 Å². The van der Waals surface area contributed by atoms with Crippen LogP contribution in [0.2, 0.25) is 0 Å². The third kappa shape index (κ3) is 6.43. The molecule has 32 heavy (non-hydrogen) atoms. The monoisotopic (exact) mass is 465 g/mol. The number of likely N-dealkylation sites (N-methyl/N-ethyl adjacent to an activating group) is 1. The van der Waals surface area contributed by atoms with Crippen LogP contribution in [0, 0.1) is 5.82 Å². The smallest absolute Gasteiger partial charge is 0.244 e. The average Bonchev–Trinajstić information content (AvgIpc) is 2.75. The molecule has 0 bridgehead atoms. The van der Waals surface area contributed by atoms with Gasteiger partial charge in [0.15, 0.2) is 0 Å². The molecule has 0 spiro atoms. The molecule has 0 aromatic heterocycles. The average molecular weight is 466 g/mol. The summed E-state index contributed by atoms with van der Waals surface area (Å²) in [7, 11) is -2.41. The Morgan fingerprint density at radius 3 is 2.44 bits per heavy atom. The van der Waals surface area contributed by atoms with Gasteiger partial charge in [0, 0.05) is 24.7 Å². The van der Waals surface area contributed by atoms with Gasteiger partial charge in [-0.15, -0.1) is 0 Å². The molecule has 2 aromatic carbocycles. The zero-order valence-electron chi connectivity index (χ0n) is 18.5. The summed E-state index contributed by atoms with van der Waals surface area (Å²) in [4.78, 5) is 26.9. The molecule has 1 N–H and O–H groups in total. The first kappa shape index (κ1) is 25.1. The van der Waals surface area contributed by atoms with E-state index in [-0.39, 0.29) is 17.8 Å². The minimum Gasteiger partial charge on any atom is -0.497 e. The van der Waals surface area contributed by atoms with E-state index in [1.165, 1.54) is 49.3 Å². The lowest BCUT2D eigenvalue weighted by molar-refractivity contribution is -0.139. The predicted octanol–water partition coefficient (Wildman–Crippen LogP) is 2.15. The lowest BCUT2D eigenvalue weighted by atomic mass is 10.1. The van der Waals surface area contributed by atoms with Crippen LogP contribution >= 0.6 is 0 Å². The summed E-state index contributed by atoms with van der Waals surface area (Å²) < 4.78 is 45.3. The number of methoxy groups -OCH3 is 1. The number of carbonyl (C=O) groups is 2. The molecule has 174 valence electrons. The zero-order valence-corrected chi connectivity index (χ0v) is 19.4. The Kier molecular flexibility index (Phi) is 8.59. The number of rotatable bonds is 10. The predicted molar refractivity (Wildman–Crippen MR) is 120 cm³/mol. The highest BCUT2D eigenvalue weighted by Gasteiger charge is 2.30. The maximum absolute atomic E-state index is 14.3. The summed E-state index contributed by atoms with van der Waals surface area (Å²) in [5.41, 5.74) is 0.445. The van der Waals surface area contributed by atoms with Gasteiger partial charge >= 0.3 is 0 Å². The number of benzene rings is 2. The van der Waals surface area contributed by atoms with Gasteiger partial charge in [0.05, 0.1) is 19.1 Å². The molecular formula is C22H28FN3O5S. The van der Waals surface area contributed by atoms with Crippen LogP contribution in [0.25, 0.3) is 0 Å². The molecule has 0 aliphatic rings. The number of amides is 2. The first-order valence-corrected chi connectivity index (χ1v) is 11.9. The van der Waals surface area contributed by atoms with Gasteiger partial charge in [-0.1, -0.05) is 24.3 Å². The molecule has 0 aliphatic carbocycles. The first-order chi connectivity index (χ1) is 15.1. The Hall–Kier alpha value is -3.14. The fourth-order valence-corrected chi connectivity index (χ4v) is 3.94. The second kappa shape index (κ2) is 10.9. The van der Waals surface area contributed by atoms with Crippen molar-refractivity contribution in [1.29, 1.82) is 0 Å². The normalized spacial score (nSPS) is 12.0. The van der Waals surface area contributed by atoms with Gasteiger partial charge in [0.25, 0.3) is 0 Å². The van der Waals surface area contributed by atoms with Crippen LogP contribution in [-0.4, -0.2) is 57.6 Å². The Morgan fingerprint density at radius 1 is 1.16 bits per heavy atom. The minimum absolute atomic E-state index is 0.195. The molecule has 0 radical (unpaired) electrons. The third-order valence-corrected chi connectivity index (χ3v) is 5.98. The van der Waals surface area contributed by atoms with Crippen molar-refractivity contribution in [2.75, 3.05) is 30.8 Å². The Labute approximate surface area is 188 Å². The second-order valence-electron chi connectivity index (χ2n) is 7.15. The van der Waals surface area contributed by atoms with Crippen molar-refractivity contribution in [2.24, 2.45) is 0 Å². The summed E-state index contributed by atoms with van der Waals surface area (Å²) in [6.45, 7) is 2.84. The van der Waals surface area contributed by atoms with E-state index in [9.17, 15) is 22.4 Å². The van der Waals surface area contributed by atoms with Gasteiger partial charge in [0.1, 0.15) is 24.2 Å². The van der Waals surface area contributed by atoms with E-state index in [0.29, 0.717) is 12.3 Å². The van der Waals surface area contributed by atoms with E-state index < -0.39 is 40.2 Å². The van der Waals surface area contributed by atoms with Crippen molar-refractivity contribution in [3.63, 3.8) is 0 Å². The quantitative estimate of drug-likeness (QED) is 0.580. The second-order valence-corrected chi connectivity index (χ2v) is 9.06. The highest BCUT2D eigenvalue weighted by atomic mass is 32.2. The number of sulfonamides is 1. The Balaban J connectivity index is 2.41. The fourth-order valence-electron chi connectivity index (χ4n) is 3.09. The summed E-state index contributed by atoms with van der Waals surface area (Å²) in [5.74, 6) is -1.19. The van der Waals surface area contributed by atoms with Crippen molar-refractivity contribution in [3.8, 4) is 5.75 Å². The highest BCUT2D eigenvalue weighted by molar-refractivity contribution is 7.92. The molecular weight excluding hydrogens is 437 g/mol.